The normalized spacial score (nSPS) is 12.5. The minimum Gasteiger partial charge on any atom is -0.464 e. The van der Waals surface area contributed by atoms with Crippen LogP contribution in [0.5, 0.6) is 0 Å². The first-order valence-corrected chi connectivity index (χ1v) is 5.15. The third-order valence-electron chi connectivity index (χ3n) is 1.78. The van der Waals surface area contributed by atoms with Gasteiger partial charge in [-0.25, -0.2) is 4.79 Å². The van der Waals surface area contributed by atoms with Crippen molar-refractivity contribution in [2.75, 3.05) is 19.8 Å². The first kappa shape index (κ1) is 13.4. The summed E-state index contributed by atoms with van der Waals surface area (Å²) in [4.78, 5) is 11.3. The highest BCUT2D eigenvalue weighted by atomic mass is 16.6. The number of unbranched alkanes of at least 4 members (excludes halogenated alkanes) is 1. The van der Waals surface area contributed by atoms with Gasteiger partial charge in [0.05, 0.1) is 19.8 Å². The van der Waals surface area contributed by atoms with Crippen LogP contribution in [0.4, 0.5) is 0 Å². The van der Waals surface area contributed by atoms with Crippen molar-refractivity contribution < 1.29 is 19.4 Å². The molecule has 14 heavy (non-hydrogen) atoms. The molecule has 0 radical (unpaired) electrons. The number of carbonyl (C=O) groups is 1. The molecule has 0 saturated heterocycles. The van der Waals surface area contributed by atoms with Crippen LogP contribution in [0.3, 0.4) is 0 Å². The molecule has 4 nitrogen and oxygen atoms in total. The fourth-order valence-corrected chi connectivity index (χ4v) is 1.09. The molecule has 84 valence electrons. The lowest BCUT2D eigenvalue weighted by atomic mass is 10.1. The summed E-state index contributed by atoms with van der Waals surface area (Å²) in [5.74, 6) is -0.325. The number of esters is 1. The maximum atomic E-state index is 11.3. The summed E-state index contributed by atoms with van der Waals surface area (Å²) in [5, 5.41) is 8.58. The minimum absolute atomic E-state index is 0.0674. The van der Waals surface area contributed by atoms with Crippen LogP contribution in [-0.4, -0.2) is 37.0 Å². The summed E-state index contributed by atoms with van der Waals surface area (Å²) < 4.78 is 10.0. The summed E-state index contributed by atoms with van der Waals surface area (Å²) in [6, 6.07) is 0. The molecule has 0 spiro atoms. The smallest absolute Gasteiger partial charge is 0.335 e. The lowest BCUT2D eigenvalue weighted by Crippen LogP contribution is -2.27. The average Bonchev–Trinajstić information content (AvgIpc) is 2.18. The predicted molar refractivity (Wildman–Crippen MR) is 53.0 cm³/mol. The van der Waals surface area contributed by atoms with Crippen molar-refractivity contribution in [1.29, 1.82) is 0 Å². The molecule has 0 aliphatic rings. The quantitative estimate of drug-likeness (QED) is 0.602. The Labute approximate surface area is 85.2 Å². The molecule has 0 saturated carbocycles. The Balaban J connectivity index is 3.88. The molecule has 0 heterocycles. The number of aliphatic hydroxyl groups is 1. The van der Waals surface area contributed by atoms with E-state index in [2.05, 4.69) is 0 Å². The topological polar surface area (TPSA) is 55.8 Å². The zero-order valence-electron chi connectivity index (χ0n) is 8.99. The van der Waals surface area contributed by atoms with E-state index in [1.54, 1.807) is 6.92 Å². The summed E-state index contributed by atoms with van der Waals surface area (Å²) in [6.07, 6.45) is 2.09. The highest BCUT2D eigenvalue weighted by Crippen LogP contribution is 2.06. The molecule has 0 amide bonds. The first-order valence-electron chi connectivity index (χ1n) is 5.15. The van der Waals surface area contributed by atoms with Gasteiger partial charge in [-0.1, -0.05) is 19.8 Å². The van der Waals surface area contributed by atoms with Crippen molar-refractivity contribution in [3.63, 3.8) is 0 Å². The van der Waals surface area contributed by atoms with Crippen molar-refractivity contribution >= 4 is 5.97 Å². The van der Waals surface area contributed by atoms with Crippen molar-refractivity contribution in [2.24, 2.45) is 0 Å². The van der Waals surface area contributed by atoms with Crippen molar-refractivity contribution in [3.05, 3.63) is 0 Å². The Hall–Kier alpha value is -0.610. The highest BCUT2D eigenvalue weighted by molar-refractivity contribution is 5.74. The van der Waals surface area contributed by atoms with Crippen LogP contribution < -0.4 is 0 Å². The Morgan fingerprint density at radius 2 is 2.14 bits per heavy atom. The molecule has 1 unspecified atom stereocenters. The standard InChI is InChI=1S/C10H20O4/c1-3-5-6-9(14-8-7-11)10(12)13-4-2/h9,11H,3-8H2,1-2H3. The molecular formula is C10H20O4. The van der Waals surface area contributed by atoms with Crippen LogP contribution in [0, 0.1) is 0 Å². The number of carbonyl (C=O) groups excluding carboxylic acids is 1. The largest absolute Gasteiger partial charge is 0.464 e. The van der Waals surface area contributed by atoms with Gasteiger partial charge >= 0.3 is 5.97 Å². The molecule has 0 aromatic heterocycles. The maximum absolute atomic E-state index is 11.3. The van der Waals surface area contributed by atoms with Crippen LogP contribution in [0.25, 0.3) is 0 Å². The molecule has 0 fully saturated rings. The van der Waals surface area contributed by atoms with E-state index in [4.69, 9.17) is 14.6 Å². The molecule has 1 atom stereocenters. The second-order valence-corrected chi connectivity index (χ2v) is 2.98. The third kappa shape index (κ3) is 5.94. The van der Waals surface area contributed by atoms with Gasteiger partial charge in [0, 0.05) is 0 Å². The van der Waals surface area contributed by atoms with E-state index in [0.29, 0.717) is 13.0 Å². The Morgan fingerprint density at radius 1 is 1.43 bits per heavy atom. The van der Waals surface area contributed by atoms with Crippen LogP contribution in [0.15, 0.2) is 0 Å². The third-order valence-corrected chi connectivity index (χ3v) is 1.78. The second-order valence-electron chi connectivity index (χ2n) is 2.98. The van der Waals surface area contributed by atoms with Gasteiger partial charge in [-0.05, 0) is 13.3 Å². The Bertz CT molecular complexity index is 139. The van der Waals surface area contributed by atoms with Crippen molar-refractivity contribution in [3.8, 4) is 0 Å². The molecule has 0 aromatic carbocycles. The maximum Gasteiger partial charge on any atom is 0.335 e. The molecule has 0 aliphatic carbocycles. The van der Waals surface area contributed by atoms with E-state index in [9.17, 15) is 4.79 Å². The summed E-state index contributed by atoms with van der Waals surface area (Å²) >= 11 is 0. The second kappa shape index (κ2) is 8.97. The highest BCUT2D eigenvalue weighted by Gasteiger charge is 2.19. The monoisotopic (exact) mass is 204 g/mol. The SMILES string of the molecule is CCCCC(OCCO)C(=O)OCC. The summed E-state index contributed by atoms with van der Waals surface area (Å²) in [7, 11) is 0. The Morgan fingerprint density at radius 3 is 2.64 bits per heavy atom. The van der Waals surface area contributed by atoms with Crippen molar-refractivity contribution in [1.82, 2.24) is 0 Å². The van der Waals surface area contributed by atoms with Gasteiger partial charge in [0.15, 0.2) is 6.10 Å². The van der Waals surface area contributed by atoms with Gasteiger partial charge in [0.1, 0.15) is 0 Å². The van der Waals surface area contributed by atoms with Crippen LogP contribution >= 0.6 is 0 Å². The fraction of sp³-hybridized carbons (Fsp3) is 0.900. The summed E-state index contributed by atoms with van der Waals surface area (Å²) in [6.45, 7) is 4.30. The summed E-state index contributed by atoms with van der Waals surface area (Å²) in [5.41, 5.74) is 0. The molecule has 0 aromatic rings. The number of rotatable bonds is 8. The van der Waals surface area contributed by atoms with Gasteiger partial charge in [-0.2, -0.15) is 0 Å². The molecule has 0 rings (SSSR count). The molecular weight excluding hydrogens is 184 g/mol. The van der Waals surface area contributed by atoms with Crippen LogP contribution in [-0.2, 0) is 14.3 Å². The van der Waals surface area contributed by atoms with E-state index in [0.717, 1.165) is 12.8 Å². The lowest BCUT2D eigenvalue weighted by Gasteiger charge is -2.15. The molecule has 0 aliphatic heterocycles. The number of hydrogen-bond acceptors (Lipinski definition) is 4. The average molecular weight is 204 g/mol. The van der Waals surface area contributed by atoms with Crippen LogP contribution in [0.1, 0.15) is 33.1 Å². The van der Waals surface area contributed by atoms with E-state index < -0.39 is 6.10 Å². The lowest BCUT2D eigenvalue weighted by molar-refractivity contribution is -0.157. The van der Waals surface area contributed by atoms with E-state index in [-0.39, 0.29) is 19.2 Å². The van der Waals surface area contributed by atoms with Gasteiger partial charge in [-0.3, -0.25) is 0 Å². The predicted octanol–water partition coefficient (Wildman–Crippen LogP) is 1.12. The number of ether oxygens (including phenoxy) is 2. The van der Waals surface area contributed by atoms with Crippen molar-refractivity contribution in [2.45, 2.75) is 39.2 Å². The van der Waals surface area contributed by atoms with Gasteiger partial charge in [0.2, 0.25) is 0 Å². The van der Waals surface area contributed by atoms with E-state index in [1.807, 2.05) is 6.92 Å². The minimum atomic E-state index is -0.512. The number of aliphatic hydroxyl groups excluding tert-OH is 1. The molecule has 1 N–H and O–H groups in total. The molecule has 4 heteroatoms. The number of hydrogen-bond donors (Lipinski definition) is 1. The molecule has 0 bridgehead atoms. The van der Waals surface area contributed by atoms with Gasteiger partial charge < -0.3 is 14.6 Å². The van der Waals surface area contributed by atoms with Gasteiger partial charge in [0.25, 0.3) is 0 Å². The van der Waals surface area contributed by atoms with Crippen LogP contribution in [0.2, 0.25) is 0 Å². The first-order chi connectivity index (χ1) is 6.76. The van der Waals surface area contributed by atoms with E-state index >= 15 is 0 Å². The van der Waals surface area contributed by atoms with E-state index in [1.165, 1.54) is 0 Å². The zero-order chi connectivity index (χ0) is 10.8. The zero-order valence-corrected chi connectivity index (χ0v) is 8.99. The van der Waals surface area contributed by atoms with Gasteiger partial charge in [-0.15, -0.1) is 0 Å². The fourth-order valence-electron chi connectivity index (χ4n) is 1.09. The Kier molecular flexibility index (Phi) is 8.57.